The number of H-pyrrole nitrogens is 1. The molecular weight excluding hydrogens is 418 g/mol. The van der Waals surface area contributed by atoms with Crippen LogP contribution in [0.3, 0.4) is 0 Å². The van der Waals surface area contributed by atoms with E-state index in [-0.39, 0.29) is 28.1 Å². The van der Waals surface area contributed by atoms with E-state index in [1.807, 2.05) is 0 Å². The second-order valence-electron chi connectivity index (χ2n) is 5.93. The van der Waals surface area contributed by atoms with Crippen molar-refractivity contribution in [3.05, 3.63) is 79.2 Å². The molecule has 0 aliphatic heterocycles. The van der Waals surface area contributed by atoms with E-state index in [4.69, 9.17) is 11.6 Å². The summed E-state index contributed by atoms with van der Waals surface area (Å²) in [5, 5.41) is 25.9. The summed E-state index contributed by atoms with van der Waals surface area (Å²) in [5.41, 5.74) is 1.14. The maximum absolute atomic E-state index is 12.6. The molecule has 2 aromatic carbocycles. The third-order valence-electron chi connectivity index (χ3n) is 4.03. The first-order valence-corrected chi connectivity index (χ1v) is 8.72. The van der Waals surface area contributed by atoms with E-state index in [1.54, 1.807) is 0 Å². The molecule has 0 aliphatic carbocycles. The Labute approximate surface area is 173 Å². The van der Waals surface area contributed by atoms with Gasteiger partial charge in [0, 0.05) is 17.2 Å². The van der Waals surface area contributed by atoms with Crippen LogP contribution in [-0.2, 0) is 4.74 Å². The minimum absolute atomic E-state index is 0.124. The van der Waals surface area contributed by atoms with Crippen LogP contribution in [0.25, 0.3) is 11.0 Å². The van der Waals surface area contributed by atoms with Gasteiger partial charge in [-0.3, -0.25) is 14.9 Å². The molecule has 0 aliphatic rings. The first kappa shape index (κ1) is 20.9. The molecule has 0 radical (unpaired) electrons. The first-order chi connectivity index (χ1) is 14.3. The van der Waals surface area contributed by atoms with Gasteiger partial charge in [-0.05, 0) is 23.8 Å². The fourth-order valence-electron chi connectivity index (χ4n) is 2.56. The lowest BCUT2D eigenvalue weighted by Gasteiger charge is -2.14. The molecule has 0 fully saturated rings. The number of aliphatic hydroxyl groups is 1. The highest BCUT2D eigenvalue weighted by Gasteiger charge is 2.23. The van der Waals surface area contributed by atoms with Crippen LogP contribution in [0.5, 0.6) is 0 Å². The highest BCUT2D eigenvalue weighted by molar-refractivity contribution is 6.30. The average Bonchev–Trinajstić information content (AvgIpc) is 2.73. The normalized spacial score (nSPS) is 12.4. The van der Waals surface area contributed by atoms with Gasteiger partial charge in [-0.1, -0.05) is 23.7 Å². The van der Waals surface area contributed by atoms with Gasteiger partial charge >= 0.3 is 6.09 Å². The zero-order valence-electron chi connectivity index (χ0n) is 15.3. The molecule has 11 nitrogen and oxygen atoms in total. The summed E-state index contributed by atoms with van der Waals surface area (Å²) in [6.45, 7) is 0. The Kier molecular flexibility index (Phi) is 6.04. The summed E-state index contributed by atoms with van der Waals surface area (Å²) in [4.78, 5) is 41.0. The number of hydrogen-bond donors (Lipinski definition) is 3. The molecule has 3 rings (SSSR count). The number of non-ortho nitro benzene ring substituents is 1. The molecule has 0 spiro atoms. The van der Waals surface area contributed by atoms with E-state index in [0.29, 0.717) is 10.6 Å². The van der Waals surface area contributed by atoms with Crippen molar-refractivity contribution in [3.8, 4) is 0 Å². The van der Waals surface area contributed by atoms with Crippen LogP contribution in [0.1, 0.15) is 17.4 Å². The van der Waals surface area contributed by atoms with E-state index >= 15 is 0 Å². The number of aromatic amines is 1. The number of nitrogens with one attached hydrogen (secondary N) is 2. The predicted molar refractivity (Wildman–Crippen MR) is 108 cm³/mol. The van der Waals surface area contributed by atoms with E-state index in [0.717, 1.165) is 13.2 Å². The molecule has 0 saturated heterocycles. The number of amides is 1. The molecule has 0 saturated carbocycles. The number of hydrogen-bond acceptors (Lipinski definition) is 8. The van der Waals surface area contributed by atoms with Gasteiger partial charge in [0.05, 0.1) is 23.1 Å². The zero-order valence-corrected chi connectivity index (χ0v) is 16.1. The number of methoxy groups -OCH3 is 1. The lowest BCUT2D eigenvalue weighted by atomic mass is 10.0. The van der Waals surface area contributed by atoms with Crippen molar-refractivity contribution < 1.29 is 19.6 Å². The highest BCUT2D eigenvalue weighted by Crippen LogP contribution is 2.21. The summed E-state index contributed by atoms with van der Waals surface area (Å²) in [7, 11) is 1.12. The largest absolute Gasteiger partial charge is 0.452 e. The first-order valence-electron chi connectivity index (χ1n) is 8.34. The van der Waals surface area contributed by atoms with Crippen LogP contribution in [0.15, 0.2) is 52.4 Å². The Balaban J connectivity index is 2.13. The van der Waals surface area contributed by atoms with E-state index in [1.165, 1.54) is 36.4 Å². The number of nitro groups is 1. The van der Waals surface area contributed by atoms with Crippen molar-refractivity contribution in [1.29, 1.82) is 0 Å². The molecule has 1 amide bonds. The number of halogens is 1. The van der Waals surface area contributed by atoms with Crippen molar-refractivity contribution in [3.63, 3.8) is 0 Å². The Morgan fingerprint density at radius 2 is 2.03 bits per heavy atom. The van der Waals surface area contributed by atoms with Crippen LogP contribution in [0.4, 0.5) is 10.5 Å². The number of ether oxygens (including phenoxy) is 1. The summed E-state index contributed by atoms with van der Waals surface area (Å²) in [6.07, 6.45) is -2.38. The third-order valence-corrected chi connectivity index (χ3v) is 4.28. The molecule has 12 heteroatoms. The number of fused-ring (bicyclic) bond motifs is 1. The third kappa shape index (κ3) is 4.42. The minimum Gasteiger partial charge on any atom is -0.452 e. The smallest absolute Gasteiger partial charge is 0.427 e. The molecular formula is C18H14ClN5O6. The number of nitrogens with zero attached hydrogens (tertiary/aromatic N) is 3. The van der Waals surface area contributed by atoms with Crippen LogP contribution >= 0.6 is 11.6 Å². The van der Waals surface area contributed by atoms with Gasteiger partial charge in [0.25, 0.3) is 11.2 Å². The van der Waals surface area contributed by atoms with Crippen molar-refractivity contribution >= 4 is 40.1 Å². The molecule has 1 heterocycles. The van der Waals surface area contributed by atoms with Crippen LogP contribution in [0, 0.1) is 10.1 Å². The summed E-state index contributed by atoms with van der Waals surface area (Å²) in [6, 6.07) is 9.81. The number of benzene rings is 2. The highest BCUT2D eigenvalue weighted by atomic mass is 35.5. The number of aliphatic hydroxyl groups excluding tert-OH is 1. The Morgan fingerprint density at radius 1 is 1.33 bits per heavy atom. The van der Waals surface area contributed by atoms with E-state index in [9.17, 15) is 24.8 Å². The molecule has 30 heavy (non-hydrogen) atoms. The number of hydrazone groups is 1. The van der Waals surface area contributed by atoms with Crippen molar-refractivity contribution in [2.75, 3.05) is 7.11 Å². The fraction of sp³-hybridized carbons (Fsp3) is 0.111. The second-order valence-corrected chi connectivity index (χ2v) is 6.36. The minimum atomic E-state index is -1.46. The number of carbonyl (C=O) groups excluding carboxylic acids is 1. The summed E-state index contributed by atoms with van der Waals surface area (Å²) >= 11 is 5.86. The predicted octanol–water partition coefficient (Wildman–Crippen LogP) is 2.28. The quantitative estimate of drug-likeness (QED) is 0.317. The average molecular weight is 432 g/mol. The summed E-state index contributed by atoms with van der Waals surface area (Å²) in [5.74, 6) is 0. The standard InChI is InChI=1S/C18H14ClN5O6/c1-30-18(27)23-22-14(16(25)9-2-4-10(19)5-3-9)15-17(26)21-13-8-11(24(28)29)6-7-12(13)20-15/h2-8,16,25H,1H3,(H,21,26)(H,23,27). The van der Waals surface area contributed by atoms with Crippen molar-refractivity contribution in [2.24, 2.45) is 5.10 Å². The lowest BCUT2D eigenvalue weighted by molar-refractivity contribution is -0.384. The maximum Gasteiger partial charge on any atom is 0.427 e. The van der Waals surface area contributed by atoms with Gasteiger partial charge in [-0.25, -0.2) is 15.2 Å². The van der Waals surface area contributed by atoms with Gasteiger partial charge in [0.2, 0.25) is 0 Å². The zero-order chi connectivity index (χ0) is 21.8. The van der Waals surface area contributed by atoms with Gasteiger partial charge in [0.1, 0.15) is 11.8 Å². The van der Waals surface area contributed by atoms with Gasteiger partial charge in [-0.2, -0.15) is 5.10 Å². The number of nitro benzene ring substituents is 1. The Morgan fingerprint density at radius 3 is 2.67 bits per heavy atom. The van der Waals surface area contributed by atoms with Crippen LogP contribution < -0.4 is 11.0 Å². The fourth-order valence-corrected chi connectivity index (χ4v) is 2.69. The van der Waals surface area contributed by atoms with Gasteiger partial charge in [-0.15, -0.1) is 0 Å². The van der Waals surface area contributed by atoms with Crippen molar-refractivity contribution in [1.82, 2.24) is 15.4 Å². The SMILES string of the molecule is COC(=O)NN=C(c1nc2ccc([N+](=O)[O-])cc2[nH]c1=O)C(O)c1ccc(Cl)cc1. The molecule has 1 unspecified atom stereocenters. The lowest BCUT2D eigenvalue weighted by Crippen LogP contribution is -2.29. The van der Waals surface area contributed by atoms with E-state index < -0.39 is 22.7 Å². The van der Waals surface area contributed by atoms with Crippen LogP contribution in [0.2, 0.25) is 5.02 Å². The molecule has 0 bridgehead atoms. The topological polar surface area (TPSA) is 160 Å². The molecule has 1 aromatic heterocycles. The number of carbonyl (C=O) groups is 1. The Bertz CT molecular complexity index is 1210. The van der Waals surface area contributed by atoms with Gasteiger partial charge in [0.15, 0.2) is 5.69 Å². The molecule has 3 aromatic rings. The molecule has 3 N–H and O–H groups in total. The molecule has 154 valence electrons. The summed E-state index contributed by atoms with van der Waals surface area (Å²) < 4.78 is 4.45. The molecule has 1 atom stereocenters. The number of rotatable bonds is 5. The Hall–Kier alpha value is -3.83. The second kappa shape index (κ2) is 8.68. The maximum atomic E-state index is 12.6. The monoisotopic (exact) mass is 431 g/mol. The van der Waals surface area contributed by atoms with Gasteiger partial charge < -0.3 is 14.8 Å². The van der Waals surface area contributed by atoms with E-state index in [2.05, 4.69) is 25.2 Å². The number of aromatic nitrogens is 2. The van der Waals surface area contributed by atoms with Crippen molar-refractivity contribution in [2.45, 2.75) is 6.10 Å². The van der Waals surface area contributed by atoms with Crippen LogP contribution in [-0.4, -0.2) is 38.9 Å².